The molecule has 2 heterocycles. The molecular formula is C27H38N6O7S. The molecule has 4 amide bonds. The second-order valence-corrected chi connectivity index (χ2v) is 11.7. The highest BCUT2D eigenvalue weighted by atomic mass is 32.2. The van der Waals surface area contributed by atoms with Crippen molar-refractivity contribution in [2.45, 2.75) is 81.9 Å². The summed E-state index contributed by atoms with van der Waals surface area (Å²) in [6.07, 6.45) is -1.01. The van der Waals surface area contributed by atoms with Crippen LogP contribution in [0.5, 0.6) is 0 Å². The number of fused-ring (bicyclic) bond motifs is 3. The summed E-state index contributed by atoms with van der Waals surface area (Å²) in [6, 6.07) is 1.30. The van der Waals surface area contributed by atoms with Crippen LogP contribution >= 0.6 is 11.8 Å². The molecule has 14 heteroatoms. The van der Waals surface area contributed by atoms with Crippen molar-refractivity contribution in [3.05, 3.63) is 29.8 Å². The summed E-state index contributed by atoms with van der Waals surface area (Å²) in [7, 11) is 0. The molecule has 1 aliphatic heterocycles. The van der Waals surface area contributed by atoms with Crippen LogP contribution in [0.1, 0.15) is 39.7 Å². The van der Waals surface area contributed by atoms with Gasteiger partial charge in [-0.3, -0.25) is 19.2 Å². The Morgan fingerprint density at radius 2 is 1.68 bits per heavy atom. The first-order valence-electron chi connectivity index (χ1n) is 13.4. The fraction of sp³-hybridized carbons (Fsp3) is 0.519. The SMILES string of the molecule is CC(C)C[C@@H]1NC(=O)[C@@H](N)Cc2c([nH]c3ccccc23)SC[C@@H](C(=O)O)NC(=O)[C@H]([C@@H](C)O)NC(=O)[C@@H](C)NC1=O. The Morgan fingerprint density at radius 1 is 1.00 bits per heavy atom. The van der Waals surface area contributed by atoms with E-state index < -0.39 is 65.9 Å². The molecule has 224 valence electrons. The number of nitrogens with two attached hydrogens (primary N) is 1. The molecule has 1 aromatic heterocycles. The standard InChI is InChI=1S/C27H38N6O7S/c1-12(2)9-19-24(37)29-13(3)22(35)33-21(14(4)34)25(38)31-20(27(39)40)11-41-26-16(10-17(28)23(36)30-19)15-7-5-6-8-18(15)32-26/h5-8,12-14,17,19-21,32,34H,9-11,28H2,1-4H3,(H,29,37)(H,30,36)(H,31,38)(H,33,35)(H,39,40)/t13-,14-,17+,19+,20+,21+/m1/s1. The van der Waals surface area contributed by atoms with Crippen LogP contribution in [0.4, 0.5) is 0 Å². The molecule has 0 aliphatic carbocycles. The van der Waals surface area contributed by atoms with E-state index in [-0.39, 0.29) is 24.5 Å². The minimum Gasteiger partial charge on any atom is -0.480 e. The summed E-state index contributed by atoms with van der Waals surface area (Å²) < 4.78 is 0. The zero-order chi connectivity index (χ0) is 30.4. The van der Waals surface area contributed by atoms with Crippen molar-refractivity contribution in [2.24, 2.45) is 11.7 Å². The van der Waals surface area contributed by atoms with E-state index in [1.54, 1.807) is 0 Å². The number of aromatic nitrogens is 1. The van der Waals surface area contributed by atoms with Crippen LogP contribution in [0.2, 0.25) is 0 Å². The lowest BCUT2D eigenvalue weighted by Gasteiger charge is -2.27. The van der Waals surface area contributed by atoms with Crippen LogP contribution < -0.4 is 27.0 Å². The number of rotatable bonds is 4. The van der Waals surface area contributed by atoms with Gasteiger partial charge < -0.3 is 42.2 Å². The molecule has 6 atom stereocenters. The van der Waals surface area contributed by atoms with Crippen molar-refractivity contribution in [1.29, 1.82) is 0 Å². The Morgan fingerprint density at radius 3 is 2.32 bits per heavy atom. The number of hydrogen-bond acceptors (Lipinski definition) is 8. The molecule has 0 bridgehead atoms. The molecule has 13 nitrogen and oxygen atoms in total. The number of aromatic amines is 1. The van der Waals surface area contributed by atoms with E-state index in [4.69, 9.17) is 5.73 Å². The fourth-order valence-electron chi connectivity index (χ4n) is 4.46. The lowest BCUT2D eigenvalue weighted by atomic mass is 10.0. The number of carbonyl (C=O) groups excluding carboxylic acids is 4. The van der Waals surface area contributed by atoms with E-state index in [1.165, 1.54) is 13.8 Å². The highest BCUT2D eigenvalue weighted by Crippen LogP contribution is 2.31. The maximum Gasteiger partial charge on any atom is 0.327 e. The van der Waals surface area contributed by atoms with E-state index in [2.05, 4.69) is 26.3 Å². The Labute approximate surface area is 241 Å². The van der Waals surface area contributed by atoms with Gasteiger partial charge in [-0.2, -0.15) is 0 Å². The smallest absolute Gasteiger partial charge is 0.327 e. The van der Waals surface area contributed by atoms with Gasteiger partial charge in [0.05, 0.1) is 17.2 Å². The molecule has 0 saturated heterocycles. The lowest BCUT2D eigenvalue weighted by molar-refractivity contribution is -0.142. The lowest BCUT2D eigenvalue weighted by Crippen LogP contribution is -2.60. The van der Waals surface area contributed by atoms with Gasteiger partial charge >= 0.3 is 5.97 Å². The van der Waals surface area contributed by atoms with Crippen molar-refractivity contribution >= 4 is 52.3 Å². The number of nitrogens with one attached hydrogen (secondary N) is 5. The summed E-state index contributed by atoms with van der Waals surface area (Å²) in [4.78, 5) is 67.4. The zero-order valence-corrected chi connectivity index (χ0v) is 24.2. The van der Waals surface area contributed by atoms with Gasteiger partial charge in [0.1, 0.15) is 24.2 Å². The third-order valence-corrected chi connectivity index (χ3v) is 7.84. The van der Waals surface area contributed by atoms with Crippen LogP contribution in [0.3, 0.4) is 0 Å². The molecule has 0 fully saturated rings. The number of benzene rings is 1. The van der Waals surface area contributed by atoms with Gasteiger partial charge in [-0.15, -0.1) is 11.8 Å². The number of thioether (sulfide) groups is 1. The first-order valence-corrected chi connectivity index (χ1v) is 14.4. The number of carbonyl (C=O) groups is 5. The molecule has 0 unspecified atom stereocenters. The molecule has 9 N–H and O–H groups in total. The van der Waals surface area contributed by atoms with E-state index >= 15 is 0 Å². The fourth-order valence-corrected chi connectivity index (χ4v) is 5.57. The van der Waals surface area contributed by atoms with Crippen LogP contribution in [0, 0.1) is 5.92 Å². The van der Waals surface area contributed by atoms with Crippen LogP contribution in [-0.2, 0) is 30.4 Å². The average molecular weight is 591 g/mol. The summed E-state index contributed by atoms with van der Waals surface area (Å²) in [5.41, 5.74) is 7.76. The Kier molecular flexibility index (Phi) is 10.8. The number of para-hydroxylation sites is 1. The van der Waals surface area contributed by atoms with Gasteiger partial charge in [0.15, 0.2) is 0 Å². The number of aliphatic hydroxyl groups excluding tert-OH is 1. The largest absolute Gasteiger partial charge is 0.480 e. The van der Waals surface area contributed by atoms with E-state index in [0.29, 0.717) is 10.6 Å². The molecular weight excluding hydrogens is 552 g/mol. The monoisotopic (exact) mass is 590 g/mol. The highest BCUT2D eigenvalue weighted by Gasteiger charge is 2.33. The number of carboxylic acids is 1. The second-order valence-electron chi connectivity index (χ2n) is 10.6. The number of aliphatic hydroxyl groups is 1. The molecule has 1 aromatic carbocycles. The van der Waals surface area contributed by atoms with E-state index in [1.807, 2.05) is 38.1 Å². The molecule has 0 spiro atoms. The van der Waals surface area contributed by atoms with Crippen molar-refractivity contribution in [3.63, 3.8) is 0 Å². The normalized spacial score (nSPS) is 26.2. The maximum absolute atomic E-state index is 13.2. The molecule has 41 heavy (non-hydrogen) atoms. The van der Waals surface area contributed by atoms with Gasteiger partial charge in [0.25, 0.3) is 0 Å². The van der Waals surface area contributed by atoms with Crippen LogP contribution in [0.25, 0.3) is 10.9 Å². The second kappa shape index (κ2) is 13.8. The van der Waals surface area contributed by atoms with E-state index in [0.717, 1.165) is 22.7 Å². The van der Waals surface area contributed by atoms with Gasteiger partial charge in [-0.1, -0.05) is 32.0 Å². The summed E-state index contributed by atoms with van der Waals surface area (Å²) >= 11 is 1.13. The first-order chi connectivity index (χ1) is 19.3. The third kappa shape index (κ3) is 8.21. The number of H-pyrrole nitrogens is 1. The van der Waals surface area contributed by atoms with Gasteiger partial charge in [0, 0.05) is 16.7 Å². The van der Waals surface area contributed by atoms with E-state index in [9.17, 15) is 34.2 Å². The van der Waals surface area contributed by atoms with Crippen LogP contribution in [-0.4, -0.2) is 86.9 Å². The van der Waals surface area contributed by atoms with Crippen molar-refractivity contribution in [1.82, 2.24) is 26.3 Å². The third-order valence-electron chi connectivity index (χ3n) is 6.70. The molecule has 0 saturated carbocycles. The van der Waals surface area contributed by atoms with Gasteiger partial charge in [-0.05, 0) is 44.2 Å². The minimum absolute atomic E-state index is 0.0198. The number of amides is 4. The Balaban J connectivity index is 2.03. The van der Waals surface area contributed by atoms with Gasteiger partial charge in [0.2, 0.25) is 23.6 Å². The highest BCUT2D eigenvalue weighted by molar-refractivity contribution is 7.99. The quantitative estimate of drug-likeness (QED) is 0.232. The van der Waals surface area contributed by atoms with Crippen molar-refractivity contribution in [3.8, 4) is 0 Å². The Bertz CT molecular complexity index is 1300. The average Bonchev–Trinajstić information content (AvgIpc) is 3.24. The zero-order valence-electron chi connectivity index (χ0n) is 23.4. The summed E-state index contributed by atoms with van der Waals surface area (Å²) in [5, 5.41) is 31.4. The Hall–Kier alpha value is -3.62. The predicted octanol–water partition coefficient (Wildman–Crippen LogP) is -0.386. The number of aliphatic carboxylic acids is 1. The molecule has 3 rings (SSSR count). The number of carboxylic acid groups (broad SMARTS) is 1. The maximum atomic E-state index is 13.2. The predicted molar refractivity (Wildman–Crippen MR) is 153 cm³/mol. The topological polar surface area (TPSA) is 216 Å². The number of hydrogen-bond donors (Lipinski definition) is 8. The summed E-state index contributed by atoms with van der Waals surface area (Å²) in [5.74, 6) is -4.26. The first kappa shape index (κ1) is 31.9. The minimum atomic E-state index is -1.49. The van der Waals surface area contributed by atoms with Gasteiger partial charge in [-0.25, -0.2) is 4.79 Å². The van der Waals surface area contributed by atoms with Crippen molar-refractivity contribution < 1.29 is 34.2 Å². The summed E-state index contributed by atoms with van der Waals surface area (Å²) in [6.45, 7) is 6.43. The molecule has 2 aromatic rings. The van der Waals surface area contributed by atoms with Crippen LogP contribution in [0.15, 0.2) is 29.3 Å². The van der Waals surface area contributed by atoms with Crippen molar-refractivity contribution in [2.75, 3.05) is 5.75 Å². The molecule has 0 radical (unpaired) electrons. The molecule has 1 aliphatic rings.